The molecule has 1 aromatic heterocycles. The van der Waals surface area contributed by atoms with Gasteiger partial charge in [0.25, 0.3) is 5.56 Å². The van der Waals surface area contributed by atoms with Crippen LogP contribution in [0.3, 0.4) is 0 Å². The summed E-state index contributed by atoms with van der Waals surface area (Å²) < 4.78 is 1.76. The fraction of sp³-hybridized carbons (Fsp3) is 0.583. The largest absolute Gasteiger partial charge is 0.398 e. The zero-order valence-corrected chi connectivity index (χ0v) is 8.98. The molecule has 1 saturated carbocycles. The van der Waals surface area contributed by atoms with Crippen LogP contribution in [0.25, 0.3) is 0 Å². The fourth-order valence-corrected chi connectivity index (χ4v) is 2.34. The standard InChI is InChI=1S/C12H18N2O/c13-11-6-7-12(15)14(9-11)8-10-4-2-1-3-5-10/h6-7,9-10H,1-5,8,13H2. The molecule has 0 aromatic carbocycles. The molecular weight excluding hydrogens is 188 g/mol. The van der Waals surface area contributed by atoms with Crippen molar-refractivity contribution in [2.75, 3.05) is 5.73 Å². The van der Waals surface area contributed by atoms with Crippen LogP contribution in [0.4, 0.5) is 5.69 Å². The maximum absolute atomic E-state index is 11.6. The highest BCUT2D eigenvalue weighted by molar-refractivity contribution is 5.33. The summed E-state index contributed by atoms with van der Waals surface area (Å²) in [6, 6.07) is 3.22. The van der Waals surface area contributed by atoms with Crippen LogP contribution in [0, 0.1) is 5.92 Å². The zero-order chi connectivity index (χ0) is 10.7. The highest BCUT2D eigenvalue weighted by atomic mass is 16.1. The Bertz CT molecular complexity index is 377. The molecular formula is C12H18N2O. The Balaban J connectivity index is 2.09. The second kappa shape index (κ2) is 4.51. The summed E-state index contributed by atoms with van der Waals surface area (Å²) in [7, 11) is 0. The lowest BCUT2D eigenvalue weighted by molar-refractivity contribution is 0.316. The number of hydrogen-bond donors (Lipinski definition) is 1. The van der Waals surface area contributed by atoms with Crippen molar-refractivity contribution in [3.05, 3.63) is 28.7 Å². The van der Waals surface area contributed by atoms with Gasteiger partial charge in [0.1, 0.15) is 0 Å². The highest BCUT2D eigenvalue weighted by Gasteiger charge is 2.14. The van der Waals surface area contributed by atoms with E-state index in [0.29, 0.717) is 11.6 Å². The third-order valence-electron chi connectivity index (χ3n) is 3.19. The van der Waals surface area contributed by atoms with Gasteiger partial charge in [0, 0.05) is 24.5 Å². The number of nitrogens with two attached hydrogens (primary N) is 1. The molecule has 0 amide bonds. The Morgan fingerprint density at radius 1 is 1.27 bits per heavy atom. The van der Waals surface area contributed by atoms with Gasteiger partial charge >= 0.3 is 0 Å². The summed E-state index contributed by atoms with van der Waals surface area (Å²) in [5, 5.41) is 0. The normalized spacial score (nSPS) is 17.9. The first kappa shape index (κ1) is 10.3. The monoisotopic (exact) mass is 206 g/mol. The van der Waals surface area contributed by atoms with Gasteiger partial charge in [-0.2, -0.15) is 0 Å². The van der Waals surface area contributed by atoms with Crippen molar-refractivity contribution in [3.63, 3.8) is 0 Å². The van der Waals surface area contributed by atoms with Crippen LogP contribution in [-0.4, -0.2) is 4.57 Å². The molecule has 0 radical (unpaired) electrons. The molecule has 1 aliphatic carbocycles. The molecule has 1 aromatic rings. The van der Waals surface area contributed by atoms with Gasteiger partial charge in [-0.1, -0.05) is 19.3 Å². The molecule has 82 valence electrons. The first-order valence-corrected chi connectivity index (χ1v) is 5.71. The van der Waals surface area contributed by atoms with Crippen LogP contribution >= 0.6 is 0 Å². The number of anilines is 1. The minimum absolute atomic E-state index is 0.0646. The third-order valence-corrected chi connectivity index (χ3v) is 3.19. The minimum Gasteiger partial charge on any atom is -0.398 e. The Morgan fingerprint density at radius 2 is 2.00 bits per heavy atom. The van der Waals surface area contributed by atoms with E-state index >= 15 is 0 Å². The van der Waals surface area contributed by atoms with Gasteiger partial charge in [-0.3, -0.25) is 4.79 Å². The second-order valence-corrected chi connectivity index (χ2v) is 4.46. The number of nitrogens with zero attached hydrogens (tertiary/aromatic N) is 1. The fourth-order valence-electron chi connectivity index (χ4n) is 2.34. The molecule has 0 atom stereocenters. The van der Waals surface area contributed by atoms with Crippen LogP contribution in [-0.2, 0) is 6.54 Å². The van der Waals surface area contributed by atoms with Crippen molar-refractivity contribution in [1.29, 1.82) is 0 Å². The predicted octanol–water partition coefficient (Wildman–Crippen LogP) is 2.01. The summed E-state index contributed by atoms with van der Waals surface area (Å²) in [6.45, 7) is 0.837. The molecule has 0 aliphatic heterocycles. The van der Waals surface area contributed by atoms with Crippen LogP contribution in [0.5, 0.6) is 0 Å². The zero-order valence-electron chi connectivity index (χ0n) is 8.98. The Hall–Kier alpha value is -1.25. The van der Waals surface area contributed by atoms with Crippen LogP contribution < -0.4 is 11.3 Å². The molecule has 1 fully saturated rings. The summed E-state index contributed by atoms with van der Waals surface area (Å²) in [6.07, 6.45) is 8.23. The highest BCUT2D eigenvalue weighted by Crippen LogP contribution is 2.24. The molecule has 1 heterocycles. The van der Waals surface area contributed by atoms with E-state index in [4.69, 9.17) is 5.73 Å². The van der Waals surface area contributed by atoms with Crippen molar-refractivity contribution < 1.29 is 0 Å². The van der Waals surface area contributed by atoms with E-state index < -0.39 is 0 Å². The smallest absolute Gasteiger partial charge is 0.250 e. The number of rotatable bonds is 2. The number of hydrogen-bond acceptors (Lipinski definition) is 2. The van der Waals surface area contributed by atoms with Gasteiger partial charge in [-0.25, -0.2) is 0 Å². The van der Waals surface area contributed by atoms with Crippen molar-refractivity contribution in [2.24, 2.45) is 5.92 Å². The van der Waals surface area contributed by atoms with Gasteiger partial charge < -0.3 is 10.3 Å². The lowest BCUT2D eigenvalue weighted by Gasteiger charge is -2.22. The molecule has 15 heavy (non-hydrogen) atoms. The first-order chi connectivity index (χ1) is 7.25. The first-order valence-electron chi connectivity index (χ1n) is 5.71. The molecule has 3 nitrogen and oxygen atoms in total. The van der Waals surface area contributed by atoms with Crippen molar-refractivity contribution in [3.8, 4) is 0 Å². The Labute approximate surface area is 89.9 Å². The molecule has 1 aliphatic rings. The predicted molar refractivity (Wildman–Crippen MR) is 61.7 cm³/mol. The summed E-state index contributed by atoms with van der Waals surface area (Å²) in [5.41, 5.74) is 6.41. The maximum atomic E-state index is 11.6. The summed E-state index contributed by atoms with van der Waals surface area (Å²) >= 11 is 0. The quantitative estimate of drug-likeness (QED) is 0.804. The van der Waals surface area contributed by atoms with Crippen LogP contribution in [0.15, 0.2) is 23.1 Å². The maximum Gasteiger partial charge on any atom is 0.250 e. The van der Waals surface area contributed by atoms with E-state index in [2.05, 4.69) is 0 Å². The SMILES string of the molecule is Nc1ccc(=O)n(CC2CCCCC2)c1. The van der Waals surface area contributed by atoms with Gasteiger partial charge in [0.05, 0.1) is 0 Å². The number of aromatic nitrogens is 1. The summed E-state index contributed by atoms with van der Waals surface area (Å²) in [5.74, 6) is 0.665. The van der Waals surface area contributed by atoms with Crippen LogP contribution in [0.2, 0.25) is 0 Å². The Kier molecular flexibility index (Phi) is 3.09. The number of pyridine rings is 1. The van der Waals surface area contributed by atoms with Gasteiger partial charge in [0.15, 0.2) is 0 Å². The molecule has 0 unspecified atom stereocenters. The van der Waals surface area contributed by atoms with E-state index in [1.165, 1.54) is 32.1 Å². The molecule has 3 heteroatoms. The van der Waals surface area contributed by atoms with E-state index in [9.17, 15) is 4.79 Å². The average Bonchev–Trinajstić information content (AvgIpc) is 2.25. The van der Waals surface area contributed by atoms with E-state index in [1.54, 1.807) is 22.9 Å². The molecule has 0 saturated heterocycles. The lowest BCUT2D eigenvalue weighted by atomic mass is 9.89. The molecule has 0 bridgehead atoms. The molecule has 2 N–H and O–H groups in total. The van der Waals surface area contributed by atoms with Crippen molar-refractivity contribution in [1.82, 2.24) is 4.57 Å². The van der Waals surface area contributed by atoms with Crippen molar-refractivity contribution >= 4 is 5.69 Å². The van der Waals surface area contributed by atoms with Crippen molar-refractivity contribution in [2.45, 2.75) is 38.6 Å². The average molecular weight is 206 g/mol. The lowest BCUT2D eigenvalue weighted by Crippen LogP contribution is -2.24. The molecule has 0 spiro atoms. The number of nitrogen functional groups attached to an aromatic ring is 1. The van der Waals surface area contributed by atoms with Gasteiger partial charge in [-0.15, -0.1) is 0 Å². The third kappa shape index (κ3) is 2.61. The minimum atomic E-state index is 0.0646. The van der Waals surface area contributed by atoms with E-state index in [-0.39, 0.29) is 5.56 Å². The van der Waals surface area contributed by atoms with E-state index in [1.807, 2.05) is 0 Å². The van der Waals surface area contributed by atoms with Gasteiger partial charge in [0.2, 0.25) is 0 Å². The van der Waals surface area contributed by atoms with Gasteiger partial charge in [-0.05, 0) is 24.8 Å². The summed E-state index contributed by atoms with van der Waals surface area (Å²) in [4.78, 5) is 11.6. The second-order valence-electron chi connectivity index (χ2n) is 4.46. The molecule has 2 rings (SSSR count). The Morgan fingerprint density at radius 3 is 2.73 bits per heavy atom. The topological polar surface area (TPSA) is 48.0 Å². The van der Waals surface area contributed by atoms with Crippen LogP contribution in [0.1, 0.15) is 32.1 Å². The van der Waals surface area contributed by atoms with E-state index in [0.717, 1.165) is 6.54 Å².